The summed E-state index contributed by atoms with van der Waals surface area (Å²) in [6.45, 7) is 5.52. The van der Waals surface area contributed by atoms with Crippen molar-refractivity contribution in [2.24, 2.45) is 0 Å². The van der Waals surface area contributed by atoms with E-state index in [0.717, 1.165) is 24.5 Å². The first-order chi connectivity index (χ1) is 16.5. The zero-order valence-corrected chi connectivity index (χ0v) is 20.8. The number of rotatable bonds is 8. The lowest BCUT2D eigenvalue weighted by atomic mass is 10.1. The van der Waals surface area contributed by atoms with Crippen LogP contribution < -0.4 is 20.9 Å². The number of hydrogen-bond donors (Lipinski definition) is 3. The van der Waals surface area contributed by atoms with Crippen LogP contribution in [0.5, 0.6) is 0 Å². The van der Waals surface area contributed by atoms with Gasteiger partial charge in [0.05, 0.1) is 5.25 Å². The number of thioether (sulfide) groups is 1. The highest BCUT2D eigenvalue weighted by molar-refractivity contribution is 8.02. The van der Waals surface area contributed by atoms with Gasteiger partial charge in [-0.3, -0.25) is 9.59 Å². The van der Waals surface area contributed by atoms with Crippen molar-refractivity contribution in [1.82, 2.24) is 10.2 Å². The topological polar surface area (TPSA) is 99.2 Å². The number of nitrogens with zero attached hydrogens (tertiary/aromatic N) is 3. The molecule has 3 N–H and O–H groups in total. The molecule has 2 amide bonds. The van der Waals surface area contributed by atoms with Crippen molar-refractivity contribution in [3.63, 3.8) is 0 Å². The number of piperidine rings is 1. The third-order valence-corrected chi connectivity index (χ3v) is 7.37. The van der Waals surface area contributed by atoms with Crippen molar-refractivity contribution in [1.29, 1.82) is 0 Å². The average Bonchev–Trinajstić information content (AvgIpc) is 3.26. The number of aromatic nitrogens is 2. The van der Waals surface area contributed by atoms with Gasteiger partial charge in [-0.05, 0) is 68.7 Å². The summed E-state index contributed by atoms with van der Waals surface area (Å²) in [5, 5.41) is 17.6. The molecule has 0 bridgehead atoms. The molecule has 2 aromatic carbocycles. The zero-order valence-electron chi connectivity index (χ0n) is 19.2. The van der Waals surface area contributed by atoms with Crippen molar-refractivity contribution in [2.75, 3.05) is 33.9 Å². The average molecular weight is 497 g/mol. The summed E-state index contributed by atoms with van der Waals surface area (Å²) >= 11 is 2.74. The molecular formula is C24H28N6O2S2. The smallest absolute Gasteiger partial charge is 0.237 e. The molecule has 1 aliphatic rings. The standard InChI is InChI=1S/C24H28N6O2S2/c1-16(22(32)26-18-9-11-21(12-10-18)30-13-4-3-5-14-30)33-24-29-28-23(34-24)27-20-8-6-7-19(15-20)25-17(2)31/h6-12,15-16H,3-5,13-14H2,1-2H3,(H,25,31)(H,26,32)(H,27,28). The van der Waals surface area contributed by atoms with Crippen LogP contribution in [-0.4, -0.2) is 40.4 Å². The number of carbonyl (C=O) groups excluding carboxylic acids is 2. The Morgan fingerprint density at radius 3 is 2.44 bits per heavy atom. The molecule has 34 heavy (non-hydrogen) atoms. The molecule has 8 nitrogen and oxygen atoms in total. The van der Waals surface area contributed by atoms with E-state index >= 15 is 0 Å². The SMILES string of the molecule is CC(=O)Nc1cccc(Nc2nnc(SC(C)C(=O)Nc3ccc(N4CCCCC4)cc3)s2)c1. The Bertz CT molecular complexity index is 1130. The molecule has 3 aromatic rings. The summed E-state index contributed by atoms with van der Waals surface area (Å²) < 4.78 is 0.698. The fourth-order valence-electron chi connectivity index (χ4n) is 3.67. The van der Waals surface area contributed by atoms with Crippen LogP contribution in [0.1, 0.15) is 33.1 Å². The van der Waals surface area contributed by atoms with E-state index in [0.29, 0.717) is 15.2 Å². The molecule has 1 fully saturated rings. The van der Waals surface area contributed by atoms with Crippen LogP contribution in [0, 0.1) is 0 Å². The number of amides is 2. The van der Waals surface area contributed by atoms with E-state index in [4.69, 9.17) is 0 Å². The minimum absolute atomic E-state index is 0.0801. The molecule has 1 saturated heterocycles. The second kappa shape index (κ2) is 11.3. The van der Waals surface area contributed by atoms with Crippen LogP contribution in [-0.2, 0) is 9.59 Å². The maximum absolute atomic E-state index is 12.7. The van der Waals surface area contributed by atoms with Crippen molar-refractivity contribution >= 4 is 62.8 Å². The van der Waals surface area contributed by atoms with Gasteiger partial charge in [0.1, 0.15) is 0 Å². The summed E-state index contributed by atoms with van der Waals surface area (Å²) in [5.74, 6) is -0.208. The van der Waals surface area contributed by atoms with E-state index in [1.54, 1.807) is 0 Å². The minimum atomic E-state index is -0.328. The molecule has 1 atom stereocenters. The number of nitrogens with one attached hydrogen (secondary N) is 3. The molecule has 0 saturated carbocycles. The lowest BCUT2D eigenvalue weighted by molar-refractivity contribution is -0.115. The number of hydrogen-bond acceptors (Lipinski definition) is 8. The summed E-state index contributed by atoms with van der Waals surface area (Å²) in [6.07, 6.45) is 3.78. The van der Waals surface area contributed by atoms with Crippen molar-refractivity contribution < 1.29 is 9.59 Å². The molecule has 0 spiro atoms. The third-order valence-electron chi connectivity index (χ3n) is 5.34. The molecule has 178 valence electrons. The van der Waals surface area contributed by atoms with E-state index in [-0.39, 0.29) is 17.1 Å². The zero-order chi connectivity index (χ0) is 23.9. The maximum atomic E-state index is 12.7. The largest absolute Gasteiger partial charge is 0.372 e. The Morgan fingerprint density at radius 2 is 1.71 bits per heavy atom. The third kappa shape index (κ3) is 6.71. The fourth-order valence-corrected chi connectivity index (χ4v) is 5.58. The van der Waals surface area contributed by atoms with Crippen LogP contribution in [0.4, 0.5) is 27.9 Å². The van der Waals surface area contributed by atoms with Gasteiger partial charge >= 0.3 is 0 Å². The predicted octanol–water partition coefficient (Wildman–Crippen LogP) is 5.35. The lowest BCUT2D eigenvalue weighted by Gasteiger charge is -2.28. The Hall–Kier alpha value is -3.11. The first-order valence-electron chi connectivity index (χ1n) is 11.3. The summed E-state index contributed by atoms with van der Waals surface area (Å²) in [4.78, 5) is 26.3. The highest BCUT2D eigenvalue weighted by Gasteiger charge is 2.18. The van der Waals surface area contributed by atoms with Gasteiger partial charge < -0.3 is 20.9 Å². The molecule has 1 aromatic heterocycles. The normalized spacial score (nSPS) is 14.4. The summed E-state index contributed by atoms with van der Waals surface area (Å²) in [7, 11) is 0. The Morgan fingerprint density at radius 1 is 0.971 bits per heavy atom. The number of benzene rings is 2. The molecule has 10 heteroatoms. The van der Waals surface area contributed by atoms with E-state index < -0.39 is 0 Å². The van der Waals surface area contributed by atoms with Gasteiger partial charge in [0.15, 0.2) is 4.34 Å². The van der Waals surface area contributed by atoms with Gasteiger partial charge in [-0.2, -0.15) is 0 Å². The highest BCUT2D eigenvalue weighted by Crippen LogP contribution is 2.31. The number of carbonyl (C=O) groups is 2. The quantitative estimate of drug-likeness (QED) is 0.362. The van der Waals surface area contributed by atoms with Gasteiger partial charge in [-0.1, -0.05) is 29.2 Å². The van der Waals surface area contributed by atoms with Crippen molar-refractivity contribution in [2.45, 2.75) is 42.7 Å². The minimum Gasteiger partial charge on any atom is -0.372 e. The van der Waals surface area contributed by atoms with Gasteiger partial charge in [-0.25, -0.2) is 0 Å². The molecule has 2 heterocycles. The summed E-state index contributed by atoms with van der Waals surface area (Å²) in [5.41, 5.74) is 3.48. The number of anilines is 5. The Kier molecular flexibility index (Phi) is 8.02. The highest BCUT2D eigenvalue weighted by atomic mass is 32.2. The van der Waals surface area contributed by atoms with Crippen molar-refractivity contribution in [3.05, 3.63) is 48.5 Å². The fraction of sp³-hybridized carbons (Fsp3) is 0.333. The molecular weight excluding hydrogens is 468 g/mol. The van der Waals surface area contributed by atoms with E-state index in [9.17, 15) is 9.59 Å². The van der Waals surface area contributed by atoms with E-state index in [1.165, 1.54) is 55.0 Å². The van der Waals surface area contributed by atoms with E-state index in [1.807, 2.05) is 43.3 Å². The molecule has 0 aliphatic carbocycles. The maximum Gasteiger partial charge on any atom is 0.237 e. The van der Waals surface area contributed by atoms with E-state index in [2.05, 4.69) is 43.2 Å². The van der Waals surface area contributed by atoms with Crippen LogP contribution in [0.15, 0.2) is 52.9 Å². The molecule has 1 unspecified atom stereocenters. The van der Waals surface area contributed by atoms with Gasteiger partial charge in [0.2, 0.25) is 16.9 Å². The van der Waals surface area contributed by atoms with Crippen LogP contribution in [0.2, 0.25) is 0 Å². The van der Waals surface area contributed by atoms with Gasteiger partial charge in [0, 0.05) is 42.8 Å². The van der Waals surface area contributed by atoms with Gasteiger partial charge in [-0.15, -0.1) is 10.2 Å². The Balaban J connectivity index is 1.29. The lowest BCUT2D eigenvalue weighted by Crippen LogP contribution is -2.29. The van der Waals surface area contributed by atoms with Crippen LogP contribution >= 0.6 is 23.1 Å². The monoisotopic (exact) mass is 496 g/mol. The van der Waals surface area contributed by atoms with Crippen molar-refractivity contribution in [3.8, 4) is 0 Å². The van der Waals surface area contributed by atoms with Crippen LogP contribution in [0.3, 0.4) is 0 Å². The molecule has 1 aliphatic heterocycles. The first kappa shape index (κ1) is 24.0. The molecule has 0 radical (unpaired) electrons. The summed E-state index contributed by atoms with van der Waals surface area (Å²) in [6, 6.07) is 15.4. The second-order valence-electron chi connectivity index (χ2n) is 8.10. The second-order valence-corrected chi connectivity index (χ2v) is 10.7. The van der Waals surface area contributed by atoms with Crippen LogP contribution in [0.25, 0.3) is 0 Å². The van der Waals surface area contributed by atoms with Gasteiger partial charge in [0.25, 0.3) is 0 Å². The molecule has 4 rings (SSSR count). The first-order valence-corrected chi connectivity index (χ1v) is 13.0. The predicted molar refractivity (Wildman–Crippen MR) is 140 cm³/mol. The Labute approximate surface area is 207 Å².